The summed E-state index contributed by atoms with van der Waals surface area (Å²) in [6.45, 7) is 5.38. The fourth-order valence-corrected chi connectivity index (χ4v) is 4.27. The van der Waals surface area contributed by atoms with Crippen molar-refractivity contribution in [1.29, 1.82) is 0 Å². The van der Waals surface area contributed by atoms with Crippen molar-refractivity contribution in [1.82, 2.24) is 19.6 Å². The van der Waals surface area contributed by atoms with Gasteiger partial charge in [-0.25, -0.2) is 4.68 Å². The molecule has 1 fully saturated rings. The lowest BCUT2D eigenvalue weighted by Crippen LogP contribution is -2.49. The van der Waals surface area contributed by atoms with E-state index in [-0.39, 0.29) is 5.91 Å². The maximum atomic E-state index is 13.0. The number of piperazine rings is 1. The third-order valence-electron chi connectivity index (χ3n) is 5.20. The molecule has 1 N–H and O–H groups in total. The molecule has 1 saturated heterocycles. The minimum absolute atomic E-state index is 0.0261. The molecule has 4 rings (SSSR count). The van der Waals surface area contributed by atoms with Gasteiger partial charge in [0.05, 0.1) is 23.1 Å². The number of para-hydroxylation sites is 1. The Bertz CT molecular complexity index is 915. The number of hydrogen-bond acceptors (Lipinski definition) is 5. The van der Waals surface area contributed by atoms with E-state index >= 15 is 0 Å². The quantitative estimate of drug-likeness (QED) is 0.720. The second kappa shape index (κ2) is 8.26. The molecule has 0 spiro atoms. The number of hydrogen-bond donors (Lipinski definition) is 1. The number of aliphatic hydroxyl groups excluding tert-OH is 1. The molecule has 0 aliphatic carbocycles. The zero-order valence-corrected chi connectivity index (χ0v) is 16.7. The first-order valence-corrected chi connectivity index (χ1v) is 10.3. The molecule has 0 radical (unpaired) electrons. The first kappa shape index (κ1) is 18.9. The van der Waals surface area contributed by atoms with Crippen LogP contribution in [0, 0.1) is 6.92 Å². The average molecular weight is 397 g/mol. The number of amides is 1. The number of carbonyl (C=O) groups is 1. The fraction of sp³-hybridized carbons (Fsp3) is 0.333. The summed E-state index contributed by atoms with van der Waals surface area (Å²) in [7, 11) is 0. The van der Waals surface area contributed by atoms with E-state index in [1.54, 1.807) is 22.2 Å². The lowest BCUT2D eigenvalue weighted by atomic mass is 10.2. The van der Waals surface area contributed by atoms with Crippen LogP contribution in [0.15, 0.2) is 54.0 Å². The Morgan fingerprint density at radius 3 is 2.57 bits per heavy atom. The summed E-state index contributed by atoms with van der Waals surface area (Å²) in [6.07, 6.45) is 1.20. The predicted molar refractivity (Wildman–Crippen MR) is 110 cm³/mol. The summed E-state index contributed by atoms with van der Waals surface area (Å²) in [6, 6.07) is 13.8. The van der Waals surface area contributed by atoms with Crippen molar-refractivity contribution in [2.24, 2.45) is 0 Å². The molecule has 0 bridgehead atoms. The number of rotatable bonds is 5. The molecule has 28 heavy (non-hydrogen) atoms. The molecule has 146 valence electrons. The molecule has 2 aromatic heterocycles. The molecule has 3 aromatic rings. The topological polar surface area (TPSA) is 61.6 Å². The van der Waals surface area contributed by atoms with E-state index in [9.17, 15) is 9.90 Å². The number of benzene rings is 1. The van der Waals surface area contributed by atoms with E-state index in [1.165, 1.54) is 0 Å². The Morgan fingerprint density at radius 2 is 1.89 bits per heavy atom. The van der Waals surface area contributed by atoms with Crippen molar-refractivity contribution in [3.05, 3.63) is 70.2 Å². The van der Waals surface area contributed by atoms with Crippen LogP contribution in [0.3, 0.4) is 0 Å². The van der Waals surface area contributed by atoms with Gasteiger partial charge in [-0.3, -0.25) is 9.69 Å². The fourth-order valence-electron chi connectivity index (χ4n) is 3.57. The summed E-state index contributed by atoms with van der Waals surface area (Å²) in [5.74, 6) is 0.0261. The first-order valence-electron chi connectivity index (χ1n) is 9.46. The highest BCUT2D eigenvalue weighted by Crippen LogP contribution is 2.21. The monoisotopic (exact) mass is 396 g/mol. The third kappa shape index (κ3) is 3.87. The molecule has 0 unspecified atom stereocenters. The Hall–Kier alpha value is -2.48. The van der Waals surface area contributed by atoms with Gasteiger partial charge >= 0.3 is 0 Å². The van der Waals surface area contributed by atoms with Gasteiger partial charge < -0.3 is 10.0 Å². The van der Waals surface area contributed by atoms with Crippen LogP contribution in [0.5, 0.6) is 0 Å². The van der Waals surface area contributed by atoms with Crippen molar-refractivity contribution < 1.29 is 9.90 Å². The number of β-amino-alcohol motifs (C(OH)–C–C–N with tert-alkyl or cyclic N) is 1. The maximum absolute atomic E-state index is 13.0. The van der Waals surface area contributed by atoms with Crippen molar-refractivity contribution in [2.75, 3.05) is 32.7 Å². The van der Waals surface area contributed by atoms with E-state index in [1.807, 2.05) is 59.7 Å². The summed E-state index contributed by atoms with van der Waals surface area (Å²) in [5.41, 5.74) is 2.45. The summed E-state index contributed by atoms with van der Waals surface area (Å²) in [5, 5.41) is 16.7. The smallest absolute Gasteiger partial charge is 0.257 e. The van der Waals surface area contributed by atoms with Gasteiger partial charge in [-0.15, -0.1) is 11.3 Å². The Morgan fingerprint density at radius 1 is 1.14 bits per heavy atom. The highest BCUT2D eigenvalue weighted by molar-refractivity contribution is 7.10. The van der Waals surface area contributed by atoms with Gasteiger partial charge in [-0.2, -0.15) is 5.10 Å². The van der Waals surface area contributed by atoms with Gasteiger partial charge in [0.1, 0.15) is 6.10 Å². The van der Waals surface area contributed by atoms with Crippen LogP contribution in [0.4, 0.5) is 0 Å². The molecule has 1 aliphatic rings. The van der Waals surface area contributed by atoms with Crippen LogP contribution < -0.4 is 0 Å². The van der Waals surface area contributed by atoms with Crippen molar-refractivity contribution in [3.63, 3.8) is 0 Å². The van der Waals surface area contributed by atoms with Crippen LogP contribution in [-0.4, -0.2) is 63.3 Å². The zero-order chi connectivity index (χ0) is 19.5. The van der Waals surface area contributed by atoms with E-state index in [2.05, 4.69) is 10.00 Å². The number of nitrogens with zero attached hydrogens (tertiary/aromatic N) is 4. The van der Waals surface area contributed by atoms with E-state index in [0.717, 1.165) is 29.3 Å². The van der Waals surface area contributed by atoms with Gasteiger partial charge in [0.15, 0.2) is 0 Å². The van der Waals surface area contributed by atoms with Crippen LogP contribution in [0.2, 0.25) is 0 Å². The van der Waals surface area contributed by atoms with E-state index in [4.69, 9.17) is 0 Å². The van der Waals surface area contributed by atoms with Gasteiger partial charge in [-0.05, 0) is 30.5 Å². The first-order chi connectivity index (χ1) is 13.6. The summed E-state index contributed by atoms with van der Waals surface area (Å²) < 4.78 is 1.81. The summed E-state index contributed by atoms with van der Waals surface area (Å²) >= 11 is 1.57. The van der Waals surface area contributed by atoms with Gasteiger partial charge in [0.25, 0.3) is 5.91 Å². The number of carbonyl (C=O) groups excluding carboxylic acids is 1. The summed E-state index contributed by atoms with van der Waals surface area (Å²) in [4.78, 5) is 18.1. The second-order valence-electron chi connectivity index (χ2n) is 7.02. The molecule has 0 saturated carbocycles. The molecular formula is C21H24N4O2S. The number of aliphatic hydroxyl groups is 1. The van der Waals surface area contributed by atoms with E-state index < -0.39 is 6.10 Å². The molecule has 1 aromatic carbocycles. The number of aromatic nitrogens is 2. The van der Waals surface area contributed by atoms with Crippen LogP contribution in [0.25, 0.3) is 5.69 Å². The van der Waals surface area contributed by atoms with Crippen LogP contribution in [-0.2, 0) is 0 Å². The lowest BCUT2D eigenvalue weighted by Gasteiger charge is -2.35. The van der Waals surface area contributed by atoms with Crippen molar-refractivity contribution >= 4 is 17.2 Å². The molecular weight excluding hydrogens is 372 g/mol. The van der Waals surface area contributed by atoms with E-state index in [0.29, 0.717) is 25.2 Å². The Labute approximate surface area is 168 Å². The SMILES string of the molecule is Cc1c(C(=O)N2CCN(C[C@@H](O)c3cccs3)CC2)cnn1-c1ccccc1. The highest BCUT2D eigenvalue weighted by atomic mass is 32.1. The molecule has 7 heteroatoms. The zero-order valence-electron chi connectivity index (χ0n) is 15.9. The largest absolute Gasteiger partial charge is 0.386 e. The minimum Gasteiger partial charge on any atom is -0.386 e. The molecule has 6 nitrogen and oxygen atoms in total. The van der Waals surface area contributed by atoms with Crippen LogP contribution in [0.1, 0.15) is 27.0 Å². The lowest BCUT2D eigenvalue weighted by molar-refractivity contribution is 0.0532. The molecule has 1 amide bonds. The van der Waals surface area contributed by atoms with Crippen molar-refractivity contribution in [2.45, 2.75) is 13.0 Å². The Balaban J connectivity index is 1.37. The number of thiophene rings is 1. The van der Waals surface area contributed by atoms with Crippen molar-refractivity contribution in [3.8, 4) is 5.69 Å². The maximum Gasteiger partial charge on any atom is 0.257 e. The van der Waals surface area contributed by atoms with Gasteiger partial charge in [-0.1, -0.05) is 24.3 Å². The van der Waals surface area contributed by atoms with Gasteiger partial charge in [0, 0.05) is 37.6 Å². The van der Waals surface area contributed by atoms with Gasteiger partial charge in [0.2, 0.25) is 0 Å². The Kier molecular flexibility index (Phi) is 5.57. The third-order valence-corrected chi connectivity index (χ3v) is 6.18. The average Bonchev–Trinajstić information content (AvgIpc) is 3.39. The second-order valence-corrected chi connectivity index (χ2v) is 7.99. The standard InChI is InChI=1S/C21H24N4O2S/c1-16-18(14-22-25(16)17-6-3-2-4-7-17)21(27)24-11-9-23(10-12-24)15-19(26)20-8-5-13-28-20/h2-8,13-14,19,26H,9-12,15H2,1H3/t19-/m1/s1. The highest BCUT2D eigenvalue weighted by Gasteiger charge is 2.26. The minimum atomic E-state index is -0.464. The molecule has 1 atom stereocenters. The normalized spacial score (nSPS) is 16.3. The molecule has 3 heterocycles. The predicted octanol–water partition coefficient (Wildman–Crippen LogP) is 2.73. The van der Waals surface area contributed by atoms with Crippen LogP contribution >= 0.6 is 11.3 Å². The molecule has 1 aliphatic heterocycles.